The Bertz CT molecular complexity index is 1170. The van der Waals surface area contributed by atoms with Crippen molar-refractivity contribution in [2.75, 3.05) is 26.3 Å². The molecule has 9 heteroatoms. The second-order valence-electron chi connectivity index (χ2n) is 8.80. The smallest absolute Gasteiger partial charge is 0.308 e. The number of fused-ring (bicyclic) bond motifs is 1. The maximum Gasteiger partial charge on any atom is 0.308 e. The van der Waals surface area contributed by atoms with Gasteiger partial charge < -0.3 is 34.5 Å². The van der Waals surface area contributed by atoms with Gasteiger partial charge in [-0.3, -0.25) is 9.78 Å². The van der Waals surface area contributed by atoms with E-state index in [4.69, 9.17) is 18.9 Å². The zero-order valence-electron chi connectivity index (χ0n) is 20.8. The quantitative estimate of drug-likeness (QED) is 0.193. The Hall–Kier alpha value is -3.50. The summed E-state index contributed by atoms with van der Waals surface area (Å²) in [7, 11) is 0. The van der Waals surface area contributed by atoms with Crippen LogP contribution in [0.1, 0.15) is 35.3 Å². The van der Waals surface area contributed by atoms with Gasteiger partial charge in [0.15, 0.2) is 17.6 Å². The summed E-state index contributed by atoms with van der Waals surface area (Å²) in [4.78, 5) is 15.3. The van der Waals surface area contributed by atoms with Gasteiger partial charge in [0.25, 0.3) is 0 Å². The molecule has 0 radical (unpaired) electrons. The number of rotatable bonds is 12. The number of benzene rings is 2. The molecule has 1 aliphatic heterocycles. The summed E-state index contributed by atoms with van der Waals surface area (Å²) >= 11 is 0. The van der Waals surface area contributed by atoms with Crippen LogP contribution in [-0.2, 0) is 29.2 Å². The summed E-state index contributed by atoms with van der Waals surface area (Å²) in [6, 6.07) is 14.6. The van der Waals surface area contributed by atoms with Crippen LogP contribution < -0.4 is 19.5 Å². The van der Waals surface area contributed by atoms with Crippen LogP contribution in [0.3, 0.4) is 0 Å². The Kier molecular flexibility index (Phi) is 9.45. The van der Waals surface area contributed by atoms with Gasteiger partial charge in [-0.15, -0.1) is 0 Å². The number of hydrogen-bond donors (Lipinski definition) is 3. The molecule has 2 atom stereocenters. The lowest BCUT2D eigenvalue weighted by Gasteiger charge is -2.27. The lowest BCUT2D eigenvalue weighted by molar-refractivity contribution is -0.131. The first-order valence-electron chi connectivity index (χ1n) is 12.2. The fourth-order valence-electron chi connectivity index (χ4n) is 3.96. The number of esters is 1. The predicted molar refractivity (Wildman–Crippen MR) is 135 cm³/mol. The lowest BCUT2D eigenvalue weighted by atomic mass is 10.0. The highest BCUT2D eigenvalue weighted by atomic mass is 16.6. The maximum absolute atomic E-state index is 11.2. The first kappa shape index (κ1) is 26.6. The lowest BCUT2D eigenvalue weighted by Crippen LogP contribution is -2.33. The number of aliphatic hydroxyl groups is 2. The Morgan fingerprint density at radius 3 is 2.86 bits per heavy atom. The van der Waals surface area contributed by atoms with Gasteiger partial charge in [-0.25, -0.2) is 0 Å². The van der Waals surface area contributed by atoms with Gasteiger partial charge >= 0.3 is 5.97 Å². The van der Waals surface area contributed by atoms with Gasteiger partial charge in [0, 0.05) is 31.4 Å². The molecule has 0 saturated heterocycles. The van der Waals surface area contributed by atoms with Crippen molar-refractivity contribution >= 4 is 5.97 Å². The molecular weight excluding hydrogens is 476 g/mol. The third-order valence-electron chi connectivity index (χ3n) is 5.84. The molecule has 0 bridgehead atoms. The van der Waals surface area contributed by atoms with Crippen LogP contribution >= 0.6 is 0 Å². The number of nitrogens with zero attached hydrogens (tertiary/aromatic N) is 1. The van der Waals surface area contributed by atoms with Gasteiger partial charge in [-0.05, 0) is 60.0 Å². The van der Waals surface area contributed by atoms with E-state index in [2.05, 4.69) is 10.3 Å². The van der Waals surface area contributed by atoms with Crippen LogP contribution in [-0.4, -0.2) is 53.6 Å². The van der Waals surface area contributed by atoms with Gasteiger partial charge in [0.05, 0.1) is 25.9 Å². The van der Waals surface area contributed by atoms with Crippen molar-refractivity contribution in [3.8, 4) is 17.2 Å². The highest BCUT2D eigenvalue weighted by Crippen LogP contribution is 2.33. The first-order valence-corrected chi connectivity index (χ1v) is 12.2. The summed E-state index contributed by atoms with van der Waals surface area (Å²) in [5.41, 5.74) is 3.16. The Morgan fingerprint density at radius 2 is 2.08 bits per heavy atom. The van der Waals surface area contributed by atoms with E-state index in [0.29, 0.717) is 61.3 Å². The monoisotopic (exact) mass is 508 g/mol. The molecule has 3 N–H and O–H groups in total. The maximum atomic E-state index is 11.2. The first-order chi connectivity index (χ1) is 18.0. The molecule has 4 rings (SSSR count). The normalized spacial score (nSPS) is 15.3. The summed E-state index contributed by atoms with van der Waals surface area (Å²) in [5.74, 6) is 1.24. The Labute approximate surface area is 216 Å². The molecule has 0 amide bonds. The van der Waals surface area contributed by atoms with E-state index in [1.54, 1.807) is 30.6 Å². The van der Waals surface area contributed by atoms with E-state index in [9.17, 15) is 15.0 Å². The molecule has 9 nitrogen and oxygen atoms in total. The van der Waals surface area contributed by atoms with E-state index in [-0.39, 0.29) is 12.7 Å². The third kappa shape index (κ3) is 7.74. The number of aliphatic hydroxyl groups excluding tert-OH is 2. The Morgan fingerprint density at radius 1 is 1.19 bits per heavy atom. The minimum absolute atomic E-state index is 0.191. The van der Waals surface area contributed by atoms with Crippen LogP contribution in [0.25, 0.3) is 0 Å². The van der Waals surface area contributed by atoms with Crippen molar-refractivity contribution in [2.24, 2.45) is 0 Å². The Balaban J connectivity index is 1.22. The number of pyridine rings is 1. The van der Waals surface area contributed by atoms with E-state index in [0.717, 1.165) is 17.5 Å². The number of hydrogen-bond acceptors (Lipinski definition) is 9. The van der Waals surface area contributed by atoms with Gasteiger partial charge in [0.2, 0.25) is 0 Å². The van der Waals surface area contributed by atoms with Gasteiger partial charge in [-0.2, -0.15) is 0 Å². The minimum Gasteiger partial charge on any atom is -0.486 e. The average molecular weight is 509 g/mol. The topological polar surface area (TPSA) is 119 Å². The van der Waals surface area contributed by atoms with E-state index < -0.39 is 12.1 Å². The van der Waals surface area contributed by atoms with E-state index >= 15 is 0 Å². The summed E-state index contributed by atoms with van der Waals surface area (Å²) in [5, 5.41) is 23.3. The molecule has 37 heavy (non-hydrogen) atoms. The summed E-state index contributed by atoms with van der Waals surface area (Å²) in [6.45, 7) is 3.30. The second kappa shape index (κ2) is 13.2. The minimum atomic E-state index is -0.774. The molecule has 1 aliphatic rings. The standard InChI is InChI=1S/C28H32N2O7/c1-19(32)36-26-7-5-22(12-23(26)15-31)25(33)14-30-10-8-20-4-6-27-28(11-20)37-24(18-35-27)17-34-16-21-3-2-9-29-13-21/h2-7,9,11-13,24-25,30-31,33H,8,10,14-18H2,1H3/t24-,25+/m1/s1. The number of aromatic nitrogens is 1. The van der Waals surface area contributed by atoms with E-state index in [1.807, 2.05) is 30.3 Å². The molecule has 0 unspecified atom stereocenters. The fourth-order valence-corrected chi connectivity index (χ4v) is 3.96. The average Bonchev–Trinajstić information content (AvgIpc) is 2.91. The molecular formula is C28H32N2O7. The van der Waals surface area contributed by atoms with Crippen molar-refractivity contribution in [2.45, 2.75) is 38.8 Å². The summed E-state index contributed by atoms with van der Waals surface area (Å²) < 4.78 is 22.8. The van der Waals surface area contributed by atoms with Crippen molar-refractivity contribution in [1.82, 2.24) is 10.3 Å². The zero-order chi connectivity index (χ0) is 26.0. The van der Waals surface area contributed by atoms with Crippen LogP contribution in [0.5, 0.6) is 17.2 Å². The SMILES string of the molecule is CC(=O)Oc1ccc([C@@H](O)CNCCc2ccc3c(c2)O[C@H](COCc2cccnc2)CO3)cc1CO. The highest BCUT2D eigenvalue weighted by Gasteiger charge is 2.21. The largest absolute Gasteiger partial charge is 0.486 e. The fraction of sp³-hybridized carbons (Fsp3) is 0.357. The molecule has 2 aromatic carbocycles. The molecule has 3 aromatic rings. The van der Waals surface area contributed by atoms with Crippen molar-refractivity contribution in [3.63, 3.8) is 0 Å². The predicted octanol–water partition coefficient (Wildman–Crippen LogP) is 2.72. The molecule has 196 valence electrons. The van der Waals surface area contributed by atoms with Crippen LogP contribution in [0.2, 0.25) is 0 Å². The zero-order valence-corrected chi connectivity index (χ0v) is 20.8. The number of ether oxygens (including phenoxy) is 4. The second-order valence-corrected chi connectivity index (χ2v) is 8.80. The highest BCUT2D eigenvalue weighted by molar-refractivity contribution is 5.69. The van der Waals surface area contributed by atoms with Crippen molar-refractivity contribution < 1.29 is 34.0 Å². The van der Waals surface area contributed by atoms with E-state index in [1.165, 1.54) is 6.92 Å². The number of nitrogens with one attached hydrogen (secondary N) is 1. The third-order valence-corrected chi connectivity index (χ3v) is 5.84. The number of carbonyl (C=O) groups is 1. The van der Waals surface area contributed by atoms with Crippen molar-refractivity contribution in [1.29, 1.82) is 0 Å². The van der Waals surface area contributed by atoms with Crippen molar-refractivity contribution in [3.05, 3.63) is 83.2 Å². The molecule has 0 spiro atoms. The van der Waals surface area contributed by atoms with Crippen LogP contribution in [0.15, 0.2) is 60.9 Å². The number of carbonyl (C=O) groups excluding carboxylic acids is 1. The molecule has 0 fully saturated rings. The molecule has 2 heterocycles. The van der Waals surface area contributed by atoms with Crippen LogP contribution in [0.4, 0.5) is 0 Å². The summed E-state index contributed by atoms with van der Waals surface area (Å²) in [6.07, 6.45) is 3.28. The van der Waals surface area contributed by atoms with Gasteiger partial charge in [-0.1, -0.05) is 18.2 Å². The molecule has 0 aliphatic carbocycles. The molecule has 0 saturated carbocycles. The van der Waals surface area contributed by atoms with Crippen LogP contribution in [0, 0.1) is 0 Å². The molecule has 1 aromatic heterocycles. The van der Waals surface area contributed by atoms with Gasteiger partial charge in [0.1, 0.15) is 12.4 Å².